The summed E-state index contributed by atoms with van der Waals surface area (Å²) < 4.78 is 34.2. The highest BCUT2D eigenvalue weighted by molar-refractivity contribution is 7.92. The predicted octanol–water partition coefficient (Wildman–Crippen LogP) is 5.08. The Balaban J connectivity index is 1.74. The van der Waals surface area contributed by atoms with Crippen LogP contribution in [0.4, 0.5) is 11.8 Å². The number of hydrogen-bond acceptors (Lipinski definition) is 6. The smallest absolute Gasteiger partial charge is 0.264 e. The number of hydrogen-bond donors (Lipinski definition) is 1. The molecule has 0 amide bonds. The van der Waals surface area contributed by atoms with Crippen LogP contribution in [0.1, 0.15) is 34.1 Å². The van der Waals surface area contributed by atoms with E-state index in [4.69, 9.17) is 4.74 Å². The van der Waals surface area contributed by atoms with E-state index >= 15 is 0 Å². The van der Waals surface area contributed by atoms with E-state index in [1.54, 1.807) is 24.3 Å². The first-order chi connectivity index (χ1) is 15.0. The van der Waals surface area contributed by atoms with Gasteiger partial charge >= 0.3 is 0 Å². The zero-order valence-electron chi connectivity index (χ0n) is 18.7. The zero-order chi connectivity index (χ0) is 23.0. The fourth-order valence-electron chi connectivity index (χ4n) is 4.39. The molecule has 1 aliphatic heterocycles. The van der Waals surface area contributed by atoms with Gasteiger partial charge in [0.2, 0.25) is 11.8 Å². The van der Waals surface area contributed by atoms with Gasteiger partial charge in [0.05, 0.1) is 4.90 Å². The first-order valence-electron chi connectivity index (χ1n) is 10.5. The van der Waals surface area contributed by atoms with Crippen molar-refractivity contribution in [2.75, 3.05) is 16.2 Å². The number of ether oxygens (including phenoxy) is 1. The maximum atomic E-state index is 12.9. The Hall–Kier alpha value is -3.13. The van der Waals surface area contributed by atoms with Crippen molar-refractivity contribution in [1.29, 1.82) is 0 Å². The molecule has 0 bridgehead atoms. The topological polar surface area (TPSA) is 84.4 Å². The van der Waals surface area contributed by atoms with Gasteiger partial charge in [-0.1, -0.05) is 50.2 Å². The Kier molecular flexibility index (Phi) is 5.58. The Bertz CT molecular complexity index is 1200. The van der Waals surface area contributed by atoms with Gasteiger partial charge in [0.25, 0.3) is 10.0 Å². The van der Waals surface area contributed by atoms with Gasteiger partial charge in [0.1, 0.15) is 11.6 Å². The molecule has 0 radical (unpaired) electrons. The average molecular weight is 453 g/mol. The molecule has 0 unspecified atom stereocenters. The second-order valence-corrected chi connectivity index (χ2v) is 11.1. The molecule has 2 heterocycles. The molecule has 32 heavy (non-hydrogen) atoms. The van der Waals surface area contributed by atoms with Crippen molar-refractivity contribution in [1.82, 2.24) is 9.97 Å². The van der Waals surface area contributed by atoms with Crippen LogP contribution in [0.25, 0.3) is 0 Å². The summed E-state index contributed by atoms with van der Waals surface area (Å²) in [4.78, 5) is 11.2. The van der Waals surface area contributed by atoms with Gasteiger partial charge in [-0.25, -0.2) is 13.1 Å². The largest absolute Gasteiger partial charge is 0.439 e. The molecule has 168 valence electrons. The number of aromatic nitrogens is 2. The van der Waals surface area contributed by atoms with Crippen molar-refractivity contribution in [3.05, 3.63) is 66.7 Å². The van der Waals surface area contributed by atoms with Gasteiger partial charge in [0, 0.05) is 18.2 Å². The normalized spacial score (nSPS) is 17.2. The summed E-state index contributed by atoms with van der Waals surface area (Å²) in [6, 6.07) is 19.2. The molecule has 1 N–H and O–H groups in total. The van der Waals surface area contributed by atoms with Gasteiger partial charge in [-0.2, -0.15) is 9.97 Å². The number of benzene rings is 2. The number of sulfonamides is 1. The van der Waals surface area contributed by atoms with Crippen molar-refractivity contribution in [3.63, 3.8) is 0 Å². The minimum absolute atomic E-state index is 0.0298. The second-order valence-electron chi connectivity index (χ2n) is 9.46. The maximum absolute atomic E-state index is 12.9. The van der Waals surface area contributed by atoms with E-state index in [-0.39, 0.29) is 27.7 Å². The quantitative estimate of drug-likeness (QED) is 0.561. The summed E-state index contributed by atoms with van der Waals surface area (Å²) >= 11 is 0. The van der Waals surface area contributed by atoms with E-state index < -0.39 is 10.0 Å². The lowest BCUT2D eigenvalue weighted by Gasteiger charge is -2.32. The summed E-state index contributed by atoms with van der Waals surface area (Å²) in [7, 11) is -3.84. The number of para-hydroxylation sites is 1. The number of anilines is 2. The molecule has 0 aliphatic carbocycles. The lowest BCUT2D eigenvalue weighted by molar-refractivity contribution is 0.371. The molecule has 1 fully saturated rings. The van der Waals surface area contributed by atoms with E-state index in [1.165, 1.54) is 12.1 Å². The molecule has 1 aliphatic rings. The third kappa shape index (κ3) is 4.85. The monoisotopic (exact) mass is 452 g/mol. The van der Waals surface area contributed by atoms with Crippen molar-refractivity contribution in [3.8, 4) is 11.6 Å². The standard InChI is InChI=1S/C24H28N4O3S/c1-23(2)16-24(3,4)28(17-23)20-15-21(31-18-11-7-5-8-12-18)26-22(25-20)27-32(29,30)19-13-9-6-10-14-19/h5-15H,16-17H2,1-4H3,(H,25,26,27). The van der Waals surface area contributed by atoms with Crippen molar-refractivity contribution in [2.24, 2.45) is 5.41 Å². The van der Waals surface area contributed by atoms with Gasteiger partial charge in [-0.3, -0.25) is 0 Å². The van der Waals surface area contributed by atoms with Crippen molar-refractivity contribution < 1.29 is 13.2 Å². The first-order valence-corrected chi connectivity index (χ1v) is 12.0. The van der Waals surface area contributed by atoms with Gasteiger partial charge in [-0.05, 0) is 49.9 Å². The minimum Gasteiger partial charge on any atom is -0.439 e. The van der Waals surface area contributed by atoms with Crippen LogP contribution in [0, 0.1) is 5.41 Å². The van der Waals surface area contributed by atoms with E-state index in [1.807, 2.05) is 30.3 Å². The van der Waals surface area contributed by atoms with E-state index in [9.17, 15) is 8.42 Å². The van der Waals surface area contributed by atoms with Crippen LogP contribution in [-0.2, 0) is 10.0 Å². The van der Waals surface area contributed by atoms with Crippen molar-refractivity contribution >= 4 is 21.8 Å². The molecule has 3 aromatic rings. The van der Waals surface area contributed by atoms with E-state index in [2.05, 4.69) is 47.3 Å². The molecule has 8 heteroatoms. The van der Waals surface area contributed by atoms with Gasteiger partial charge in [0.15, 0.2) is 0 Å². The lowest BCUT2D eigenvalue weighted by Crippen LogP contribution is -2.39. The second kappa shape index (κ2) is 8.09. The fraction of sp³-hybridized carbons (Fsp3) is 0.333. The summed E-state index contributed by atoms with van der Waals surface area (Å²) in [5, 5.41) is 0. The molecule has 0 saturated carbocycles. The highest BCUT2D eigenvalue weighted by Gasteiger charge is 2.43. The van der Waals surface area contributed by atoms with Crippen LogP contribution >= 0.6 is 0 Å². The van der Waals surface area contributed by atoms with Crippen LogP contribution in [0.2, 0.25) is 0 Å². The van der Waals surface area contributed by atoms with Crippen LogP contribution in [-0.4, -0.2) is 30.5 Å². The maximum Gasteiger partial charge on any atom is 0.264 e. The highest BCUT2D eigenvalue weighted by atomic mass is 32.2. The minimum atomic E-state index is -3.84. The average Bonchev–Trinajstić information content (AvgIpc) is 2.96. The molecule has 1 saturated heterocycles. The molecular weight excluding hydrogens is 424 g/mol. The summed E-state index contributed by atoms with van der Waals surface area (Å²) in [5.74, 6) is 1.47. The van der Waals surface area contributed by atoms with Crippen LogP contribution in [0.5, 0.6) is 11.6 Å². The first kappa shape index (κ1) is 22.1. The highest BCUT2D eigenvalue weighted by Crippen LogP contribution is 2.43. The summed E-state index contributed by atoms with van der Waals surface area (Å²) in [6.07, 6.45) is 0.976. The third-order valence-corrected chi connectivity index (χ3v) is 6.78. The predicted molar refractivity (Wildman–Crippen MR) is 126 cm³/mol. The van der Waals surface area contributed by atoms with Crippen LogP contribution in [0.15, 0.2) is 71.6 Å². The Morgan fingerprint density at radius 1 is 0.938 bits per heavy atom. The zero-order valence-corrected chi connectivity index (χ0v) is 19.6. The number of nitrogens with one attached hydrogen (secondary N) is 1. The Labute approximate surface area is 189 Å². The van der Waals surface area contributed by atoms with Gasteiger partial charge in [-0.15, -0.1) is 0 Å². The summed E-state index contributed by atoms with van der Waals surface area (Å²) in [5.41, 5.74) is -0.0595. The molecule has 2 aromatic carbocycles. The number of rotatable bonds is 6. The third-order valence-electron chi connectivity index (χ3n) is 5.44. The molecular formula is C24H28N4O3S. The Morgan fingerprint density at radius 2 is 1.56 bits per heavy atom. The molecule has 1 aromatic heterocycles. The fourth-order valence-corrected chi connectivity index (χ4v) is 5.36. The molecule has 4 rings (SSSR count). The van der Waals surface area contributed by atoms with E-state index in [0.717, 1.165) is 13.0 Å². The van der Waals surface area contributed by atoms with Crippen LogP contribution < -0.4 is 14.4 Å². The molecule has 7 nitrogen and oxygen atoms in total. The Morgan fingerprint density at radius 3 is 2.16 bits per heavy atom. The van der Waals surface area contributed by atoms with Gasteiger partial charge < -0.3 is 9.64 Å². The lowest BCUT2D eigenvalue weighted by atomic mass is 9.86. The molecule has 0 atom stereocenters. The van der Waals surface area contributed by atoms with E-state index in [0.29, 0.717) is 11.6 Å². The van der Waals surface area contributed by atoms with Crippen LogP contribution in [0.3, 0.4) is 0 Å². The van der Waals surface area contributed by atoms with Crippen molar-refractivity contribution in [2.45, 2.75) is 44.6 Å². The number of nitrogens with zero attached hydrogens (tertiary/aromatic N) is 3. The SMILES string of the molecule is CC1(C)CN(c2cc(Oc3ccccc3)nc(NS(=O)(=O)c3ccccc3)n2)C(C)(C)C1. The molecule has 0 spiro atoms. The summed E-state index contributed by atoms with van der Waals surface area (Å²) in [6.45, 7) is 9.55.